The Bertz CT molecular complexity index is 298. The summed E-state index contributed by atoms with van der Waals surface area (Å²) in [4.78, 5) is 9.76. The third-order valence-corrected chi connectivity index (χ3v) is 2.41. The van der Waals surface area contributed by atoms with Gasteiger partial charge in [-0.15, -0.1) is 0 Å². The third kappa shape index (κ3) is 6.71. The summed E-state index contributed by atoms with van der Waals surface area (Å²) in [6.07, 6.45) is 0. The molecule has 1 unspecified atom stereocenters. The van der Waals surface area contributed by atoms with Crippen LogP contribution >= 0.6 is 0 Å². The Kier molecular flexibility index (Phi) is 7.02. The van der Waals surface area contributed by atoms with Gasteiger partial charge in [0.1, 0.15) is 6.61 Å². The second-order valence-electron chi connectivity index (χ2n) is 3.95. The maximum atomic E-state index is 9.76. The van der Waals surface area contributed by atoms with Crippen molar-refractivity contribution in [2.45, 2.75) is 19.6 Å². The first-order valence-corrected chi connectivity index (χ1v) is 5.86. The summed E-state index contributed by atoms with van der Waals surface area (Å²) < 4.78 is 4.54. The fourth-order valence-electron chi connectivity index (χ4n) is 1.50. The molecule has 1 heterocycles. The zero-order chi connectivity index (χ0) is 12.3. The summed E-state index contributed by atoms with van der Waals surface area (Å²) in [5, 5.41) is 6.59. The van der Waals surface area contributed by atoms with Crippen molar-refractivity contribution in [3.8, 4) is 0 Å². The van der Waals surface area contributed by atoms with E-state index >= 15 is 0 Å². The summed E-state index contributed by atoms with van der Waals surface area (Å²) in [5.41, 5.74) is 1.01. The molecule has 1 aromatic rings. The zero-order valence-electron chi connectivity index (χ0n) is 10.2. The van der Waals surface area contributed by atoms with Gasteiger partial charge in [-0.3, -0.25) is 4.79 Å². The molecule has 4 heteroatoms. The second-order valence-corrected chi connectivity index (χ2v) is 3.95. The van der Waals surface area contributed by atoms with Crippen molar-refractivity contribution >= 4 is 6.47 Å². The van der Waals surface area contributed by atoms with Crippen LogP contribution < -0.4 is 10.6 Å². The van der Waals surface area contributed by atoms with Crippen LogP contribution in [-0.4, -0.2) is 32.1 Å². The Morgan fingerprint density at radius 1 is 1.35 bits per heavy atom. The van der Waals surface area contributed by atoms with E-state index in [1.807, 2.05) is 30.3 Å². The maximum Gasteiger partial charge on any atom is 0.293 e. The van der Waals surface area contributed by atoms with Crippen LogP contribution in [0.15, 0.2) is 30.3 Å². The Labute approximate surface area is 102 Å². The van der Waals surface area contributed by atoms with Crippen LogP contribution in [0.4, 0.5) is 0 Å². The standard InChI is InChI=1S/C8H8O2.C5H12N2/c9-7-10-6-8-4-2-1-3-5-8;1-5-4-6-2-3-7-5/h1-5,7H,6H2;5-7H,2-4H2,1H3. The maximum absolute atomic E-state index is 9.76. The van der Waals surface area contributed by atoms with E-state index < -0.39 is 0 Å². The van der Waals surface area contributed by atoms with E-state index in [1.54, 1.807) is 0 Å². The molecule has 94 valence electrons. The quantitative estimate of drug-likeness (QED) is 0.767. The summed E-state index contributed by atoms with van der Waals surface area (Å²) in [6.45, 7) is 6.38. The van der Waals surface area contributed by atoms with E-state index in [0.29, 0.717) is 19.1 Å². The van der Waals surface area contributed by atoms with E-state index in [-0.39, 0.29) is 0 Å². The van der Waals surface area contributed by atoms with Gasteiger partial charge in [-0.2, -0.15) is 0 Å². The SMILES string of the molecule is CC1CNCCN1.O=COCc1ccccc1. The van der Waals surface area contributed by atoms with Gasteiger partial charge in [-0.1, -0.05) is 30.3 Å². The Balaban J connectivity index is 0.000000181. The third-order valence-electron chi connectivity index (χ3n) is 2.41. The van der Waals surface area contributed by atoms with Gasteiger partial charge in [0.15, 0.2) is 0 Å². The molecular weight excluding hydrogens is 216 g/mol. The Morgan fingerprint density at radius 3 is 2.59 bits per heavy atom. The number of carbonyl (C=O) groups is 1. The van der Waals surface area contributed by atoms with Gasteiger partial charge in [0, 0.05) is 25.7 Å². The number of rotatable bonds is 3. The minimum absolute atomic E-state index is 0.365. The first-order valence-electron chi connectivity index (χ1n) is 5.86. The van der Waals surface area contributed by atoms with Gasteiger partial charge in [0.25, 0.3) is 6.47 Å². The topological polar surface area (TPSA) is 50.4 Å². The molecule has 1 saturated heterocycles. The fraction of sp³-hybridized carbons (Fsp3) is 0.462. The molecule has 1 atom stereocenters. The van der Waals surface area contributed by atoms with Crippen LogP contribution in [0.1, 0.15) is 12.5 Å². The molecule has 4 nitrogen and oxygen atoms in total. The monoisotopic (exact) mass is 236 g/mol. The molecule has 2 N–H and O–H groups in total. The molecule has 1 aliphatic rings. The van der Waals surface area contributed by atoms with Crippen LogP contribution in [0.2, 0.25) is 0 Å². The molecule has 1 fully saturated rings. The average Bonchev–Trinajstić information content (AvgIpc) is 2.39. The molecule has 0 spiro atoms. The van der Waals surface area contributed by atoms with Gasteiger partial charge >= 0.3 is 0 Å². The fourth-order valence-corrected chi connectivity index (χ4v) is 1.50. The number of carbonyl (C=O) groups excluding carboxylic acids is 1. The summed E-state index contributed by atoms with van der Waals surface area (Å²) in [6, 6.07) is 10.2. The molecule has 0 aliphatic carbocycles. The van der Waals surface area contributed by atoms with E-state index in [2.05, 4.69) is 22.3 Å². The van der Waals surface area contributed by atoms with Gasteiger partial charge in [0.2, 0.25) is 0 Å². The predicted octanol–water partition coefficient (Wildman–Crippen LogP) is 0.927. The first-order chi connectivity index (χ1) is 8.33. The lowest BCUT2D eigenvalue weighted by Gasteiger charge is -2.19. The second kappa shape index (κ2) is 8.73. The highest BCUT2D eigenvalue weighted by Crippen LogP contribution is 1.98. The number of benzene rings is 1. The van der Waals surface area contributed by atoms with Crippen LogP contribution in [0.3, 0.4) is 0 Å². The van der Waals surface area contributed by atoms with E-state index in [9.17, 15) is 4.79 Å². The van der Waals surface area contributed by atoms with Crippen molar-refractivity contribution in [1.29, 1.82) is 0 Å². The molecule has 2 rings (SSSR count). The zero-order valence-corrected chi connectivity index (χ0v) is 10.2. The highest BCUT2D eigenvalue weighted by Gasteiger charge is 2.03. The van der Waals surface area contributed by atoms with Crippen molar-refractivity contribution in [3.63, 3.8) is 0 Å². The van der Waals surface area contributed by atoms with Crippen molar-refractivity contribution in [2.75, 3.05) is 19.6 Å². The molecule has 0 saturated carbocycles. The normalized spacial score (nSPS) is 18.8. The lowest BCUT2D eigenvalue weighted by atomic mass is 10.2. The minimum Gasteiger partial charge on any atom is -0.463 e. The van der Waals surface area contributed by atoms with Gasteiger partial charge in [-0.25, -0.2) is 0 Å². The Hall–Kier alpha value is -1.39. The highest BCUT2D eigenvalue weighted by atomic mass is 16.5. The first kappa shape index (κ1) is 13.7. The van der Waals surface area contributed by atoms with Crippen molar-refractivity contribution in [2.24, 2.45) is 0 Å². The molecule has 1 aromatic carbocycles. The molecule has 0 amide bonds. The Morgan fingerprint density at radius 2 is 2.12 bits per heavy atom. The lowest BCUT2D eigenvalue weighted by molar-refractivity contribution is -0.129. The van der Waals surface area contributed by atoms with Crippen molar-refractivity contribution < 1.29 is 9.53 Å². The van der Waals surface area contributed by atoms with E-state index in [4.69, 9.17) is 0 Å². The molecule has 1 aliphatic heterocycles. The van der Waals surface area contributed by atoms with Crippen LogP contribution in [0.5, 0.6) is 0 Å². The van der Waals surface area contributed by atoms with Gasteiger partial charge < -0.3 is 15.4 Å². The van der Waals surface area contributed by atoms with E-state index in [0.717, 1.165) is 25.2 Å². The molecule has 17 heavy (non-hydrogen) atoms. The number of hydrogen-bond donors (Lipinski definition) is 2. The smallest absolute Gasteiger partial charge is 0.293 e. The number of piperazine rings is 1. The van der Waals surface area contributed by atoms with Crippen LogP contribution in [0.25, 0.3) is 0 Å². The van der Waals surface area contributed by atoms with Gasteiger partial charge in [0.05, 0.1) is 0 Å². The highest BCUT2D eigenvalue weighted by molar-refractivity contribution is 5.37. The number of nitrogens with one attached hydrogen (secondary N) is 2. The largest absolute Gasteiger partial charge is 0.463 e. The molecule has 0 radical (unpaired) electrons. The molecule has 0 bridgehead atoms. The lowest BCUT2D eigenvalue weighted by Crippen LogP contribution is -2.46. The van der Waals surface area contributed by atoms with E-state index in [1.165, 1.54) is 0 Å². The van der Waals surface area contributed by atoms with Crippen LogP contribution in [-0.2, 0) is 16.1 Å². The summed E-state index contributed by atoms with van der Waals surface area (Å²) >= 11 is 0. The summed E-state index contributed by atoms with van der Waals surface area (Å²) in [5.74, 6) is 0. The van der Waals surface area contributed by atoms with Crippen LogP contribution in [0, 0.1) is 0 Å². The van der Waals surface area contributed by atoms with Crippen molar-refractivity contribution in [3.05, 3.63) is 35.9 Å². The number of ether oxygens (including phenoxy) is 1. The molecular formula is C13H20N2O2. The van der Waals surface area contributed by atoms with Crippen molar-refractivity contribution in [1.82, 2.24) is 10.6 Å². The molecule has 0 aromatic heterocycles. The van der Waals surface area contributed by atoms with Gasteiger partial charge in [-0.05, 0) is 12.5 Å². The average molecular weight is 236 g/mol. The number of hydrogen-bond acceptors (Lipinski definition) is 4. The minimum atomic E-state index is 0.365. The predicted molar refractivity (Wildman–Crippen MR) is 67.6 cm³/mol. The summed E-state index contributed by atoms with van der Waals surface area (Å²) in [7, 11) is 0.